The van der Waals surface area contributed by atoms with Crippen LogP contribution in [0.3, 0.4) is 0 Å². The van der Waals surface area contributed by atoms with E-state index >= 15 is 0 Å². The number of hydrogen-bond acceptors (Lipinski definition) is 2. The molecule has 1 atom stereocenters. The van der Waals surface area contributed by atoms with Crippen molar-refractivity contribution in [2.45, 2.75) is 6.04 Å². The van der Waals surface area contributed by atoms with Gasteiger partial charge in [0.2, 0.25) is 5.82 Å². The minimum Gasteiger partial charge on any atom is -0.505 e. The molecule has 13 heavy (non-hydrogen) atoms. The van der Waals surface area contributed by atoms with Crippen molar-refractivity contribution in [3.63, 3.8) is 0 Å². The molecular formula is C9H9F2NO. The van der Waals surface area contributed by atoms with E-state index < -0.39 is 23.4 Å². The SMILES string of the molecule is C=C[C@@H](N)c1ccc(F)c(F)c1O. The molecule has 0 aliphatic carbocycles. The summed E-state index contributed by atoms with van der Waals surface area (Å²) in [6.07, 6.45) is 1.33. The molecule has 70 valence electrons. The fourth-order valence-corrected chi connectivity index (χ4v) is 0.951. The highest BCUT2D eigenvalue weighted by Gasteiger charge is 2.15. The number of aromatic hydroxyl groups is 1. The third kappa shape index (κ3) is 1.67. The molecule has 0 saturated carbocycles. The number of nitrogens with two attached hydrogens (primary N) is 1. The number of phenols is 1. The summed E-state index contributed by atoms with van der Waals surface area (Å²) in [6.45, 7) is 3.38. The maximum atomic E-state index is 12.8. The summed E-state index contributed by atoms with van der Waals surface area (Å²) < 4.78 is 25.3. The van der Waals surface area contributed by atoms with Gasteiger partial charge >= 0.3 is 0 Å². The average molecular weight is 185 g/mol. The normalized spacial score (nSPS) is 12.5. The molecule has 2 nitrogen and oxygen atoms in total. The Labute approximate surface area is 74.3 Å². The van der Waals surface area contributed by atoms with Crippen molar-refractivity contribution >= 4 is 0 Å². The molecule has 4 heteroatoms. The van der Waals surface area contributed by atoms with Crippen LogP contribution in [-0.4, -0.2) is 5.11 Å². The smallest absolute Gasteiger partial charge is 0.200 e. The van der Waals surface area contributed by atoms with Crippen molar-refractivity contribution in [2.24, 2.45) is 5.73 Å². The molecule has 1 aromatic rings. The monoisotopic (exact) mass is 185 g/mol. The Bertz CT molecular complexity index is 339. The van der Waals surface area contributed by atoms with E-state index in [9.17, 15) is 8.78 Å². The van der Waals surface area contributed by atoms with Gasteiger partial charge in [-0.05, 0) is 6.07 Å². The number of phenolic OH excluding ortho intramolecular Hbond substituents is 1. The first-order valence-corrected chi connectivity index (χ1v) is 3.63. The molecule has 0 saturated heterocycles. The number of rotatable bonds is 2. The Morgan fingerprint density at radius 2 is 2.08 bits per heavy atom. The highest BCUT2D eigenvalue weighted by atomic mass is 19.2. The molecule has 0 spiro atoms. The van der Waals surface area contributed by atoms with Crippen LogP contribution in [0.25, 0.3) is 0 Å². The summed E-state index contributed by atoms with van der Waals surface area (Å²) in [7, 11) is 0. The number of benzene rings is 1. The lowest BCUT2D eigenvalue weighted by atomic mass is 10.1. The zero-order chi connectivity index (χ0) is 10.0. The van der Waals surface area contributed by atoms with Gasteiger partial charge < -0.3 is 10.8 Å². The molecular weight excluding hydrogens is 176 g/mol. The summed E-state index contributed by atoms with van der Waals surface area (Å²) in [6, 6.07) is 1.43. The van der Waals surface area contributed by atoms with Gasteiger partial charge in [0, 0.05) is 5.56 Å². The van der Waals surface area contributed by atoms with Crippen molar-refractivity contribution in [3.8, 4) is 5.75 Å². The van der Waals surface area contributed by atoms with E-state index in [-0.39, 0.29) is 5.56 Å². The first-order chi connectivity index (χ1) is 6.07. The molecule has 0 unspecified atom stereocenters. The molecule has 0 heterocycles. The van der Waals surface area contributed by atoms with Crippen LogP contribution in [0.2, 0.25) is 0 Å². The van der Waals surface area contributed by atoms with Gasteiger partial charge in [0.25, 0.3) is 0 Å². The minimum absolute atomic E-state index is 0.119. The van der Waals surface area contributed by atoms with E-state index in [4.69, 9.17) is 10.8 Å². The van der Waals surface area contributed by atoms with Crippen molar-refractivity contribution in [1.29, 1.82) is 0 Å². The van der Waals surface area contributed by atoms with Crippen LogP contribution in [-0.2, 0) is 0 Å². The van der Waals surface area contributed by atoms with E-state index in [1.54, 1.807) is 0 Å². The van der Waals surface area contributed by atoms with Crippen LogP contribution < -0.4 is 5.73 Å². The predicted molar refractivity (Wildman–Crippen MR) is 45.1 cm³/mol. The second-order valence-corrected chi connectivity index (χ2v) is 2.56. The zero-order valence-corrected chi connectivity index (χ0v) is 6.80. The van der Waals surface area contributed by atoms with Crippen molar-refractivity contribution in [1.82, 2.24) is 0 Å². The van der Waals surface area contributed by atoms with E-state index in [1.165, 1.54) is 12.1 Å². The van der Waals surface area contributed by atoms with E-state index in [2.05, 4.69) is 6.58 Å². The van der Waals surface area contributed by atoms with Crippen LogP contribution in [0.5, 0.6) is 5.75 Å². The molecule has 0 radical (unpaired) electrons. The molecule has 1 aromatic carbocycles. The van der Waals surface area contributed by atoms with Crippen LogP contribution in [0, 0.1) is 11.6 Å². The van der Waals surface area contributed by atoms with Crippen LogP contribution in [0.1, 0.15) is 11.6 Å². The molecule has 0 fully saturated rings. The van der Waals surface area contributed by atoms with Gasteiger partial charge in [-0.15, -0.1) is 6.58 Å². The fourth-order valence-electron chi connectivity index (χ4n) is 0.951. The van der Waals surface area contributed by atoms with Crippen LogP contribution in [0.4, 0.5) is 8.78 Å². The Hall–Kier alpha value is -1.42. The first kappa shape index (κ1) is 9.67. The van der Waals surface area contributed by atoms with E-state index in [0.717, 1.165) is 6.07 Å². The predicted octanol–water partition coefficient (Wildman–Crippen LogP) is 1.86. The van der Waals surface area contributed by atoms with Crippen molar-refractivity contribution in [2.75, 3.05) is 0 Å². The summed E-state index contributed by atoms with van der Waals surface area (Å²) in [5.41, 5.74) is 5.57. The molecule has 1 rings (SSSR count). The Balaban J connectivity index is 3.25. The maximum Gasteiger partial charge on any atom is 0.200 e. The van der Waals surface area contributed by atoms with Gasteiger partial charge in [0.05, 0.1) is 6.04 Å². The topological polar surface area (TPSA) is 46.2 Å². The van der Waals surface area contributed by atoms with Crippen molar-refractivity contribution < 1.29 is 13.9 Å². The highest BCUT2D eigenvalue weighted by Crippen LogP contribution is 2.27. The highest BCUT2D eigenvalue weighted by molar-refractivity contribution is 5.38. The lowest BCUT2D eigenvalue weighted by molar-refractivity contribution is 0.400. The average Bonchev–Trinajstić information content (AvgIpc) is 2.13. The standard InChI is InChI=1S/C9H9F2NO/c1-2-7(12)5-3-4-6(10)8(11)9(5)13/h2-4,7,13H,1,12H2/t7-/m1/s1. The third-order valence-electron chi connectivity index (χ3n) is 1.71. The second kappa shape index (κ2) is 3.53. The quantitative estimate of drug-likeness (QED) is 0.691. The second-order valence-electron chi connectivity index (χ2n) is 2.56. The van der Waals surface area contributed by atoms with Gasteiger partial charge in [-0.25, -0.2) is 4.39 Å². The zero-order valence-electron chi connectivity index (χ0n) is 6.80. The fraction of sp³-hybridized carbons (Fsp3) is 0.111. The van der Waals surface area contributed by atoms with E-state index in [0.29, 0.717) is 0 Å². The lowest BCUT2D eigenvalue weighted by Crippen LogP contribution is -2.07. The summed E-state index contributed by atoms with van der Waals surface area (Å²) in [5.74, 6) is -3.14. The molecule has 0 aliphatic rings. The Morgan fingerprint density at radius 1 is 1.46 bits per heavy atom. The van der Waals surface area contributed by atoms with Crippen LogP contribution >= 0.6 is 0 Å². The number of halogens is 2. The summed E-state index contributed by atoms with van der Waals surface area (Å²) in [5, 5.41) is 9.14. The van der Waals surface area contributed by atoms with Gasteiger partial charge in [0.1, 0.15) is 0 Å². The molecule has 0 aliphatic heterocycles. The Kier molecular flexibility index (Phi) is 2.63. The number of hydrogen-bond donors (Lipinski definition) is 2. The first-order valence-electron chi connectivity index (χ1n) is 3.63. The molecule has 0 amide bonds. The molecule has 0 bridgehead atoms. The molecule has 0 aromatic heterocycles. The van der Waals surface area contributed by atoms with Gasteiger partial charge in [0.15, 0.2) is 11.6 Å². The Morgan fingerprint density at radius 3 is 2.62 bits per heavy atom. The van der Waals surface area contributed by atoms with E-state index in [1.807, 2.05) is 0 Å². The molecule has 3 N–H and O–H groups in total. The minimum atomic E-state index is -1.28. The van der Waals surface area contributed by atoms with Gasteiger partial charge in [-0.3, -0.25) is 0 Å². The third-order valence-corrected chi connectivity index (χ3v) is 1.71. The lowest BCUT2D eigenvalue weighted by Gasteiger charge is -2.09. The van der Waals surface area contributed by atoms with Gasteiger partial charge in [-0.2, -0.15) is 4.39 Å². The maximum absolute atomic E-state index is 12.8. The largest absolute Gasteiger partial charge is 0.505 e. The summed E-state index contributed by atoms with van der Waals surface area (Å²) >= 11 is 0. The summed E-state index contributed by atoms with van der Waals surface area (Å²) in [4.78, 5) is 0. The van der Waals surface area contributed by atoms with Crippen LogP contribution in [0.15, 0.2) is 24.8 Å². The van der Waals surface area contributed by atoms with Gasteiger partial charge in [-0.1, -0.05) is 12.1 Å². The van der Waals surface area contributed by atoms with Crippen molar-refractivity contribution in [3.05, 3.63) is 42.0 Å².